The molecule has 0 saturated heterocycles. The van der Waals surface area contributed by atoms with Gasteiger partial charge < -0.3 is 9.08 Å². The van der Waals surface area contributed by atoms with E-state index in [1.165, 1.54) is 24.2 Å². The topological polar surface area (TPSA) is 76.0 Å². The summed E-state index contributed by atoms with van der Waals surface area (Å²) in [4.78, 5) is 16.7. The second kappa shape index (κ2) is 9.73. The second-order valence-electron chi connectivity index (χ2n) is 6.36. The number of halogens is 4. The average molecular weight is 458 g/mol. The summed E-state index contributed by atoms with van der Waals surface area (Å²) in [6, 6.07) is 12.0. The Kier molecular flexibility index (Phi) is 7.55. The molecule has 0 radical (unpaired) electrons. The maximum Gasteiger partial charge on any atom is 0.534 e. The first-order valence-electron chi connectivity index (χ1n) is 8.71. The first-order chi connectivity index (χ1) is 14.4. The predicted molar refractivity (Wildman–Crippen MR) is 107 cm³/mol. The summed E-state index contributed by atoms with van der Waals surface area (Å²) in [5.41, 5.74) is -4.14. The molecule has 0 fully saturated rings. The minimum Gasteiger partial charge on any atom is -0.373 e. The molecule has 0 bridgehead atoms. The van der Waals surface area contributed by atoms with Gasteiger partial charge in [-0.05, 0) is 35.8 Å². The van der Waals surface area contributed by atoms with Crippen LogP contribution in [0.15, 0.2) is 59.7 Å². The standard InChI is InChI=1S/C20H18F4N2O4S/c1-14(12-25-19(26(2)13-27)10-15-6-4-3-5-7-15)16-8-9-18(17(21)11-16)30-31(28,29)20(22,23)24/h3-9,11-13H,10H2,1-2H3/b14-12+,25-19?. The molecule has 31 heavy (non-hydrogen) atoms. The third-order valence-corrected chi connectivity index (χ3v) is 5.01. The Bertz CT molecular complexity index is 1100. The second-order valence-corrected chi connectivity index (χ2v) is 7.90. The molecule has 0 atom stereocenters. The lowest BCUT2D eigenvalue weighted by atomic mass is 10.1. The van der Waals surface area contributed by atoms with E-state index in [4.69, 9.17) is 0 Å². The normalized spacial score (nSPS) is 13.1. The first-order valence-corrected chi connectivity index (χ1v) is 10.1. The lowest BCUT2D eigenvalue weighted by Crippen LogP contribution is -2.28. The third-order valence-electron chi connectivity index (χ3n) is 4.05. The van der Waals surface area contributed by atoms with Gasteiger partial charge in [0.2, 0.25) is 6.41 Å². The largest absolute Gasteiger partial charge is 0.534 e. The Hall–Kier alpha value is -3.21. The van der Waals surface area contributed by atoms with Crippen LogP contribution in [-0.4, -0.2) is 38.1 Å². The lowest BCUT2D eigenvalue weighted by molar-refractivity contribution is -0.114. The molecule has 166 valence electrons. The van der Waals surface area contributed by atoms with Gasteiger partial charge in [-0.25, -0.2) is 9.38 Å². The number of aliphatic imine (C=N–C) groups is 1. The van der Waals surface area contributed by atoms with Crippen molar-refractivity contribution in [3.8, 4) is 5.75 Å². The van der Waals surface area contributed by atoms with E-state index in [1.54, 1.807) is 6.92 Å². The fraction of sp³-hybridized carbons (Fsp3) is 0.200. The smallest absolute Gasteiger partial charge is 0.373 e. The quantitative estimate of drug-likeness (QED) is 0.156. The van der Waals surface area contributed by atoms with Crippen molar-refractivity contribution < 1.29 is 35.0 Å². The van der Waals surface area contributed by atoms with Gasteiger partial charge in [-0.2, -0.15) is 21.6 Å². The number of amides is 1. The maximum atomic E-state index is 14.1. The summed E-state index contributed by atoms with van der Waals surface area (Å²) in [6.07, 6.45) is 2.29. The van der Waals surface area contributed by atoms with Crippen LogP contribution in [0.3, 0.4) is 0 Å². The number of carbonyl (C=O) groups excluding carboxylic acids is 1. The van der Waals surface area contributed by atoms with Crippen LogP contribution in [0.5, 0.6) is 5.75 Å². The van der Waals surface area contributed by atoms with Crippen molar-refractivity contribution >= 4 is 27.9 Å². The number of hydrogen-bond donors (Lipinski definition) is 0. The molecule has 0 aliphatic heterocycles. The molecule has 6 nitrogen and oxygen atoms in total. The van der Waals surface area contributed by atoms with Gasteiger partial charge in [0, 0.05) is 19.7 Å². The Morgan fingerprint density at radius 1 is 1.16 bits per heavy atom. The molecule has 11 heteroatoms. The summed E-state index contributed by atoms with van der Waals surface area (Å²) < 4.78 is 77.2. The molecule has 0 saturated carbocycles. The summed E-state index contributed by atoms with van der Waals surface area (Å²) in [5.74, 6) is -1.98. The number of likely N-dealkylation sites (N-methyl/N-ethyl adjacent to an activating group) is 1. The maximum absolute atomic E-state index is 14.1. The van der Waals surface area contributed by atoms with Crippen LogP contribution < -0.4 is 4.18 Å². The Balaban J connectivity index is 2.28. The van der Waals surface area contributed by atoms with Crippen molar-refractivity contribution in [3.05, 3.63) is 71.7 Å². The van der Waals surface area contributed by atoms with E-state index >= 15 is 0 Å². The highest BCUT2D eigenvalue weighted by Crippen LogP contribution is 2.29. The van der Waals surface area contributed by atoms with E-state index in [0.717, 1.165) is 17.7 Å². The molecule has 0 heterocycles. The molecule has 0 unspecified atom stereocenters. The molecule has 0 spiro atoms. The third kappa shape index (κ3) is 6.38. The fourth-order valence-corrected chi connectivity index (χ4v) is 2.79. The molecular formula is C20H18F4N2O4S. The van der Waals surface area contributed by atoms with E-state index in [9.17, 15) is 30.8 Å². The van der Waals surface area contributed by atoms with E-state index in [2.05, 4.69) is 9.18 Å². The van der Waals surface area contributed by atoms with E-state index in [-0.39, 0.29) is 5.56 Å². The molecular weight excluding hydrogens is 440 g/mol. The van der Waals surface area contributed by atoms with Gasteiger partial charge in [-0.1, -0.05) is 36.4 Å². The highest BCUT2D eigenvalue weighted by molar-refractivity contribution is 7.88. The number of rotatable bonds is 7. The minimum atomic E-state index is -5.99. The summed E-state index contributed by atoms with van der Waals surface area (Å²) >= 11 is 0. The van der Waals surface area contributed by atoms with Crippen molar-refractivity contribution in [2.45, 2.75) is 18.9 Å². The zero-order valence-corrected chi connectivity index (χ0v) is 17.2. The van der Waals surface area contributed by atoms with Crippen LogP contribution >= 0.6 is 0 Å². The molecule has 0 aromatic heterocycles. The molecule has 2 aromatic rings. The zero-order valence-electron chi connectivity index (χ0n) is 16.4. The van der Waals surface area contributed by atoms with E-state index < -0.39 is 27.2 Å². The van der Waals surface area contributed by atoms with Crippen molar-refractivity contribution in [2.24, 2.45) is 4.99 Å². The number of hydrogen-bond acceptors (Lipinski definition) is 5. The first kappa shape index (κ1) is 24.1. The number of allylic oxidation sites excluding steroid dienone is 1. The number of nitrogens with zero attached hydrogens (tertiary/aromatic N) is 2. The number of alkyl halides is 3. The lowest BCUT2D eigenvalue weighted by Gasteiger charge is -2.14. The SMILES string of the molecule is C/C(=C\N=C(Cc1ccccc1)N(C)C=O)c1ccc(OS(=O)(=O)C(F)(F)F)c(F)c1. The molecule has 0 aliphatic rings. The van der Waals surface area contributed by atoms with Crippen LogP contribution in [0, 0.1) is 5.82 Å². The van der Waals surface area contributed by atoms with E-state index in [1.807, 2.05) is 30.3 Å². The fourth-order valence-electron chi connectivity index (χ4n) is 2.33. The van der Waals surface area contributed by atoms with Crippen molar-refractivity contribution in [1.82, 2.24) is 4.90 Å². The predicted octanol–water partition coefficient (Wildman–Crippen LogP) is 4.14. The number of amidine groups is 1. The van der Waals surface area contributed by atoms with Crippen molar-refractivity contribution in [3.63, 3.8) is 0 Å². The summed E-state index contributed by atoms with van der Waals surface area (Å²) in [6.45, 7) is 1.56. The Morgan fingerprint density at radius 2 is 1.81 bits per heavy atom. The van der Waals surface area contributed by atoms with Crippen LogP contribution in [-0.2, 0) is 21.3 Å². The zero-order chi connectivity index (χ0) is 23.2. The van der Waals surface area contributed by atoms with Crippen LogP contribution in [0.1, 0.15) is 18.1 Å². The molecule has 0 N–H and O–H groups in total. The molecule has 0 aliphatic carbocycles. The Morgan fingerprint density at radius 3 is 2.35 bits per heavy atom. The highest BCUT2D eigenvalue weighted by atomic mass is 32.2. The van der Waals surface area contributed by atoms with Gasteiger partial charge in [-0.3, -0.25) is 4.79 Å². The molecule has 2 rings (SSSR count). The van der Waals surface area contributed by atoms with Crippen LogP contribution in [0.25, 0.3) is 5.57 Å². The molecule has 1 amide bonds. The van der Waals surface area contributed by atoms with E-state index in [0.29, 0.717) is 24.2 Å². The van der Waals surface area contributed by atoms with Gasteiger partial charge in [-0.15, -0.1) is 0 Å². The average Bonchev–Trinajstić information content (AvgIpc) is 2.71. The van der Waals surface area contributed by atoms with Gasteiger partial charge in [0.25, 0.3) is 0 Å². The van der Waals surface area contributed by atoms with Crippen molar-refractivity contribution in [2.75, 3.05) is 7.05 Å². The molecule has 2 aromatic carbocycles. The highest BCUT2D eigenvalue weighted by Gasteiger charge is 2.48. The Labute approximate surface area is 176 Å². The number of carbonyl (C=O) groups is 1. The summed E-state index contributed by atoms with van der Waals surface area (Å²) in [5, 5.41) is 0. The van der Waals surface area contributed by atoms with Crippen LogP contribution in [0.2, 0.25) is 0 Å². The number of benzene rings is 2. The van der Waals surface area contributed by atoms with Crippen LogP contribution in [0.4, 0.5) is 17.6 Å². The van der Waals surface area contributed by atoms with Crippen molar-refractivity contribution in [1.29, 1.82) is 0 Å². The summed E-state index contributed by atoms with van der Waals surface area (Å²) in [7, 11) is -4.47. The monoisotopic (exact) mass is 458 g/mol. The minimum absolute atomic E-state index is 0.228. The van der Waals surface area contributed by atoms with Gasteiger partial charge in [0.1, 0.15) is 5.84 Å². The van der Waals surface area contributed by atoms with Gasteiger partial charge in [0.05, 0.1) is 0 Å². The van der Waals surface area contributed by atoms with Gasteiger partial charge >= 0.3 is 15.6 Å². The van der Waals surface area contributed by atoms with Gasteiger partial charge in [0.15, 0.2) is 11.6 Å².